The second kappa shape index (κ2) is 10.3. The molecule has 1 aromatic carbocycles. The Hall–Kier alpha value is -2.72. The molecule has 0 aliphatic carbocycles. The molecule has 4 N–H and O–H groups in total. The lowest BCUT2D eigenvalue weighted by Crippen LogP contribution is -2.54. The van der Waals surface area contributed by atoms with Crippen molar-refractivity contribution in [3.05, 3.63) is 52.4 Å². The Bertz CT molecular complexity index is 1070. The molecular formula is C22H26ClN3O6. The average molecular weight is 464 g/mol. The standard InChI is InChI=1S/C22H26ClN3O6/c1-13-4-5-17(25-11-13)14(2)31-20-9-19-15(8-16(20)23)18(26-32-19)10-22(24,12-28)21(29)30-7-3-6-27/h4-5,8-9,11,14,27-28H,3,6-7,10,12,24H2,1-2H3. The van der Waals surface area contributed by atoms with Crippen LogP contribution in [0.3, 0.4) is 0 Å². The summed E-state index contributed by atoms with van der Waals surface area (Å²) in [4.78, 5) is 16.7. The highest BCUT2D eigenvalue weighted by atomic mass is 35.5. The highest BCUT2D eigenvalue weighted by molar-refractivity contribution is 6.32. The zero-order valence-electron chi connectivity index (χ0n) is 17.9. The third-order valence-electron chi connectivity index (χ3n) is 4.96. The van der Waals surface area contributed by atoms with Gasteiger partial charge in [0.25, 0.3) is 0 Å². The minimum atomic E-state index is -1.72. The van der Waals surface area contributed by atoms with E-state index in [0.29, 0.717) is 27.4 Å². The molecule has 0 fully saturated rings. The van der Waals surface area contributed by atoms with Gasteiger partial charge in [-0.2, -0.15) is 0 Å². The van der Waals surface area contributed by atoms with Gasteiger partial charge in [0.1, 0.15) is 17.4 Å². The zero-order chi connectivity index (χ0) is 23.3. The molecule has 0 spiro atoms. The first-order chi connectivity index (χ1) is 15.3. The maximum Gasteiger partial charge on any atom is 0.328 e. The van der Waals surface area contributed by atoms with E-state index < -0.39 is 18.1 Å². The fraction of sp³-hybridized carbons (Fsp3) is 0.409. The molecule has 2 unspecified atom stereocenters. The second-order valence-corrected chi connectivity index (χ2v) is 8.04. The number of benzene rings is 1. The van der Waals surface area contributed by atoms with Crippen molar-refractivity contribution in [3.8, 4) is 5.75 Å². The Balaban J connectivity index is 1.80. The second-order valence-electron chi connectivity index (χ2n) is 7.63. The number of nitrogens with two attached hydrogens (primary N) is 1. The number of hydrogen-bond donors (Lipinski definition) is 3. The minimum Gasteiger partial charge on any atom is -0.483 e. The van der Waals surface area contributed by atoms with E-state index >= 15 is 0 Å². The van der Waals surface area contributed by atoms with Crippen LogP contribution >= 0.6 is 11.6 Å². The van der Waals surface area contributed by atoms with E-state index in [2.05, 4.69) is 10.1 Å². The molecular weight excluding hydrogens is 438 g/mol. The van der Waals surface area contributed by atoms with Gasteiger partial charge < -0.3 is 29.9 Å². The fourth-order valence-corrected chi connectivity index (χ4v) is 3.25. The van der Waals surface area contributed by atoms with Gasteiger partial charge in [-0.1, -0.05) is 22.8 Å². The molecule has 0 amide bonds. The molecule has 32 heavy (non-hydrogen) atoms. The van der Waals surface area contributed by atoms with Crippen LogP contribution < -0.4 is 10.5 Å². The zero-order valence-corrected chi connectivity index (χ0v) is 18.6. The van der Waals surface area contributed by atoms with E-state index in [0.717, 1.165) is 11.3 Å². The lowest BCUT2D eigenvalue weighted by molar-refractivity contribution is -0.152. The van der Waals surface area contributed by atoms with Crippen LogP contribution in [0, 0.1) is 6.92 Å². The Kier molecular flexibility index (Phi) is 7.68. The smallest absolute Gasteiger partial charge is 0.328 e. The summed E-state index contributed by atoms with van der Waals surface area (Å²) in [7, 11) is 0. The third kappa shape index (κ3) is 5.36. The van der Waals surface area contributed by atoms with Gasteiger partial charge in [0.2, 0.25) is 0 Å². The summed E-state index contributed by atoms with van der Waals surface area (Å²) in [6.07, 6.45) is 1.55. The molecule has 172 valence electrons. The first-order valence-electron chi connectivity index (χ1n) is 10.1. The van der Waals surface area contributed by atoms with Crippen LogP contribution in [0.15, 0.2) is 35.0 Å². The van der Waals surface area contributed by atoms with Crippen molar-refractivity contribution in [2.75, 3.05) is 19.8 Å². The van der Waals surface area contributed by atoms with Crippen molar-refractivity contribution in [1.29, 1.82) is 0 Å². The van der Waals surface area contributed by atoms with Crippen molar-refractivity contribution in [2.24, 2.45) is 5.73 Å². The predicted octanol–water partition coefficient (Wildman–Crippen LogP) is 2.48. The number of fused-ring (bicyclic) bond motifs is 1. The lowest BCUT2D eigenvalue weighted by Gasteiger charge is -2.24. The Morgan fingerprint density at radius 3 is 2.78 bits per heavy atom. The summed E-state index contributed by atoms with van der Waals surface area (Å²) in [5.41, 5.74) is 6.89. The highest BCUT2D eigenvalue weighted by Crippen LogP contribution is 2.35. The molecule has 0 saturated carbocycles. The number of esters is 1. The maximum atomic E-state index is 12.3. The van der Waals surface area contributed by atoms with Gasteiger partial charge >= 0.3 is 5.97 Å². The summed E-state index contributed by atoms with van der Waals surface area (Å²) < 4.78 is 16.4. The first kappa shape index (κ1) is 23.9. The topological polar surface area (TPSA) is 141 Å². The molecule has 0 bridgehead atoms. The van der Waals surface area contributed by atoms with Crippen molar-refractivity contribution < 1.29 is 29.0 Å². The summed E-state index contributed by atoms with van der Waals surface area (Å²) in [5.74, 6) is -0.406. The first-order valence-corrected chi connectivity index (χ1v) is 10.5. The Morgan fingerprint density at radius 2 is 2.12 bits per heavy atom. The number of carbonyl (C=O) groups excluding carboxylic acids is 1. The predicted molar refractivity (Wildman–Crippen MR) is 117 cm³/mol. The molecule has 2 heterocycles. The highest BCUT2D eigenvalue weighted by Gasteiger charge is 2.37. The quantitative estimate of drug-likeness (QED) is 0.305. The number of ether oxygens (including phenoxy) is 2. The molecule has 9 nitrogen and oxygen atoms in total. The van der Waals surface area contributed by atoms with E-state index in [-0.39, 0.29) is 32.2 Å². The van der Waals surface area contributed by atoms with Crippen LogP contribution in [0.2, 0.25) is 5.02 Å². The fourth-order valence-electron chi connectivity index (χ4n) is 3.04. The normalized spacial score (nSPS) is 14.2. The van der Waals surface area contributed by atoms with E-state index in [1.54, 1.807) is 18.3 Å². The number of carbonyl (C=O) groups is 1. The lowest BCUT2D eigenvalue weighted by atomic mass is 9.94. The maximum absolute atomic E-state index is 12.3. The number of nitrogens with zero attached hydrogens (tertiary/aromatic N) is 2. The van der Waals surface area contributed by atoms with E-state index in [1.165, 1.54) is 0 Å². The molecule has 0 saturated heterocycles. The van der Waals surface area contributed by atoms with Crippen LogP contribution in [0.4, 0.5) is 0 Å². The van der Waals surface area contributed by atoms with Crippen molar-refractivity contribution >= 4 is 28.5 Å². The number of aliphatic hydroxyl groups is 2. The summed E-state index contributed by atoms with van der Waals surface area (Å²) in [6, 6.07) is 7.05. The number of aryl methyl sites for hydroxylation is 1. The number of rotatable bonds is 10. The molecule has 0 aliphatic rings. The van der Waals surface area contributed by atoms with Crippen LogP contribution in [0.25, 0.3) is 11.0 Å². The number of aliphatic hydroxyl groups excluding tert-OH is 2. The molecule has 2 aromatic heterocycles. The van der Waals surface area contributed by atoms with Gasteiger partial charge in [-0.25, -0.2) is 4.79 Å². The minimum absolute atomic E-state index is 0.00556. The van der Waals surface area contributed by atoms with Crippen LogP contribution in [0.1, 0.15) is 36.4 Å². The largest absolute Gasteiger partial charge is 0.483 e. The number of halogens is 1. The molecule has 0 radical (unpaired) electrons. The van der Waals surface area contributed by atoms with Crippen LogP contribution in [0.5, 0.6) is 5.75 Å². The SMILES string of the molecule is Cc1ccc(C(C)Oc2cc3onc(CC(N)(CO)C(=O)OCCCO)c3cc2Cl)nc1. The Morgan fingerprint density at radius 1 is 1.34 bits per heavy atom. The van der Waals surface area contributed by atoms with E-state index in [1.807, 2.05) is 26.0 Å². The molecule has 0 aliphatic heterocycles. The van der Waals surface area contributed by atoms with E-state index in [4.69, 9.17) is 36.4 Å². The molecule has 3 aromatic rings. The van der Waals surface area contributed by atoms with Gasteiger partial charge in [-0.3, -0.25) is 4.98 Å². The van der Waals surface area contributed by atoms with Crippen molar-refractivity contribution in [2.45, 2.75) is 38.3 Å². The van der Waals surface area contributed by atoms with Crippen molar-refractivity contribution in [1.82, 2.24) is 10.1 Å². The summed E-state index contributed by atoms with van der Waals surface area (Å²) >= 11 is 6.43. The number of pyridine rings is 1. The third-order valence-corrected chi connectivity index (χ3v) is 5.26. The van der Waals surface area contributed by atoms with E-state index in [9.17, 15) is 9.90 Å². The van der Waals surface area contributed by atoms with Crippen molar-refractivity contribution in [3.63, 3.8) is 0 Å². The van der Waals surface area contributed by atoms with Gasteiger partial charge in [-0.05, 0) is 31.5 Å². The van der Waals surface area contributed by atoms with Crippen LogP contribution in [-0.2, 0) is 16.0 Å². The summed E-state index contributed by atoms with van der Waals surface area (Å²) in [5, 5.41) is 23.4. The number of hydrogen-bond acceptors (Lipinski definition) is 9. The van der Waals surface area contributed by atoms with Gasteiger partial charge in [-0.15, -0.1) is 0 Å². The molecule has 3 rings (SSSR count). The Labute approximate surface area is 190 Å². The number of aromatic nitrogens is 2. The van der Waals surface area contributed by atoms with Crippen LogP contribution in [-0.4, -0.2) is 51.7 Å². The summed E-state index contributed by atoms with van der Waals surface area (Å²) in [6.45, 7) is 3.02. The molecule has 10 heteroatoms. The van der Waals surface area contributed by atoms with Gasteiger partial charge in [0.05, 0.1) is 29.6 Å². The monoisotopic (exact) mass is 463 g/mol. The van der Waals surface area contributed by atoms with Gasteiger partial charge in [0, 0.05) is 37.1 Å². The molecule has 2 atom stereocenters. The van der Waals surface area contributed by atoms with Gasteiger partial charge in [0.15, 0.2) is 5.58 Å². The average Bonchev–Trinajstić information content (AvgIpc) is 3.15.